The van der Waals surface area contributed by atoms with E-state index in [2.05, 4.69) is 46.7 Å². The van der Waals surface area contributed by atoms with Gasteiger partial charge in [-0.05, 0) is 68.4 Å². The van der Waals surface area contributed by atoms with Crippen molar-refractivity contribution in [1.29, 1.82) is 5.26 Å². The molecule has 3 aromatic rings. The van der Waals surface area contributed by atoms with Gasteiger partial charge in [0.1, 0.15) is 17.8 Å². The van der Waals surface area contributed by atoms with Gasteiger partial charge in [-0.15, -0.1) is 0 Å². The molecule has 8 heteroatoms. The van der Waals surface area contributed by atoms with Gasteiger partial charge >= 0.3 is 0 Å². The molecule has 0 unspecified atom stereocenters. The second-order valence-electron chi connectivity index (χ2n) is 9.57. The maximum atomic E-state index is 13.9. The second-order valence-corrected chi connectivity index (χ2v) is 9.57. The van der Waals surface area contributed by atoms with Gasteiger partial charge in [-0.1, -0.05) is 32.6 Å². The van der Waals surface area contributed by atoms with Gasteiger partial charge in [0.25, 0.3) is 5.91 Å². The fraction of sp³-hybridized carbons (Fsp3) is 0.400. The molecule has 1 N–H and O–H groups in total. The van der Waals surface area contributed by atoms with Crippen LogP contribution in [0.3, 0.4) is 0 Å². The summed E-state index contributed by atoms with van der Waals surface area (Å²) in [7, 11) is 1.62. The zero-order valence-electron chi connectivity index (χ0n) is 22.5. The minimum atomic E-state index is -0.131. The molecule has 8 nitrogen and oxygen atoms in total. The number of nitrogens with zero attached hydrogens (tertiary/aromatic N) is 5. The molecule has 0 saturated heterocycles. The highest BCUT2D eigenvalue weighted by Gasteiger charge is 2.32. The van der Waals surface area contributed by atoms with Gasteiger partial charge in [-0.3, -0.25) is 4.79 Å². The molecule has 0 atom stereocenters. The minimum Gasteiger partial charge on any atom is -0.495 e. The van der Waals surface area contributed by atoms with Crippen LogP contribution in [-0.4, -0.2) is 59.6 Å². The Balaban J connectivity index is 1.74. The Morgan fingerprint density at radius 1 is 1.13 bits per heavy atom. The lowest BCUT2D eigenvalue weighted by Crippen LogP contribution is -2.46. The third kappa shape index (κ3) is 5.79. The zero-order valence-corrected chi connectivity index (χ0v) is 22.5. The van der Waals surface area contributed by atoms with E-state index in [1.807, 2.05) is 35.2 Å². The number of nitrogens with one attached hydrogen (secondary N) is 1. The maximum absolute atomic E-state index is 13.9. The first-order valence-electron chi connectivity index (χ1n) is 13.3. The highest BCUT2D eigenvalue weighted by Crippen LogP contribution is 2.38. The molecule has 1 amide bonds. The molecule has 1 fully saturated rings. The quantitative estimate of drug-likeness (QED) is 0.362. The van der Waals surface area contributed by atoms with Crippen molar-refractivity contribution in [3.8, 4) is 11.8 Å². The van der Waals surface area contributed by atoms with E-state index in [-0.39, 0.29) is 11.9 Å². The van der Waals surface area contributed by atoms with E-state index in [4.69, 9.17) is 4.74 Å². The van der Waals surface area contributed by atoms with Gasteiger partial charge in [0.15, 0.2) is 0 Å². The largest absolute Gasteiger partial charge is 0.495 e. The Bertz CT molecular complexity index is 1310. The van der Waals surface area contributed by atoms with E-state index in [0.717, 1.165) is 60.9 Å². The average Bonchev–Trinajstić information content (AvgIpc) is 2.97. The van der Waals surface area contributed by atoms with Crippen molar-refractivity contribution in [2.45, 2.75) is 51.6 Å². The van der Waals surface area contributed by atoms with Crippen molar-refractivity contribution in [2.24, 2.45) is 0 Å². The van der Waals surface area contributed by atoms with Crippen molar-refractivity contribution in [1.82, 2.24) is 14.9 Å². The van der Waals surface area contributed by atoms with Crippen molar-refractivity contribution >= 4 is 28.1 Å². The van der Waals surface area contributed by atoms with Crippen LogP contribution in [0.15, 0.2) is 61.1 Å². The van der Waals surface area contributed by atoms with Crippen molar-refractivity contribution < 1.29 is 9.53 Å². The van der Waals surface area contributed by atoms with Crippen molar-refractivity contribution in [2.75, 3.05) is 37.0 Å². The molecular formula is C30H36N6O2. The van der Waals surface area contributed by atoms with Crippen LogP contribution in [0.1, 0.15) is 50.0 Å². The number of aromatic nitrogens is 2. The van der Waals surface area contributed by atoms with E-state index in [1.54, 1.807) is 19.4 Å². The molecule has 1 aromatic heterocycles. The molecule has 1 saturated carbocycles. The second kappa shape index (κ2) is 12.5. The summed E-state index contributed by atoms with van der Waals surface area (Å²) in [5.41, 5.74) is 2.37. The lowest BCUT2D eigenvalue weighted by Gasteiger charge is -2.40. The minimum absolute atomic E-state index is 0.0575. The number of benzene rings is 2. The highest BCUT2D eigenvalue weighted by atomic mass is 16.5. The molecule has 0 bridgehead atoms. The molecule has 0 spiro atoms. The predicted octanol–water partition coefficient (Wildman–Crippen LogP) is 5.43. The van der Waals surface area contributed by atoms with Gasteiger partial charge in [-0.2, -0.15) is 5.26 Å². The molecular weight excluding hydrogens is 476 g/mol. The molecule has 0 radical (unpaired) electrons. The van der Waals surface area contributed by atoms with Crippen molar-refractivity contribution in [3.05, 3.63) is 66.8 Å². The number of hydrogen-bond donors (Lipinski definition) is 1. The van der Waals surface area contributed by atoms with Crippen LogP contribution >= 0.6 is 0 Å². The van der Waals surface area contributed by atoms with Crippen LogP contribution in [0.2, 0.25) is 0 Å². The number of anilines is 2. The highest BCUT2D eigenvalue weighted by molar-refractivity contribution is 6.07. The van der Waals surface area contributed by atoms with E-state index in [1.165, 1.54) is 6.33 Å². The summed E-state index contributed by atoms with van der Waals surface area (Å²) in [5.74, 6) is 0.530. The molecule has 2 aromatic carbocycles. The number of carbonyl (C=O) groups is 1. The maximum Gasteiger partial charge on any atom is 0.277 e. The summed E-state index contributed by atoms with van der Waals surface area (Å²) >= 11 is 0. The van der Waals surface area contributed by atoms with Crippen LogP contribution in [-0.2, 0) is 0 Å². The fourth-order valence-corrected chi connectivity index (χ4v) is 5.48. The molecule has 4 rings (SSSR count). The van der Waals surface area contributed by atoms with Crippen molar-refractivity contribution in [3.63, 3.8) is 0 Å². The standard InChI is InChI=1S/C30H36N6O2/c1-5-35(6-2)23-10-12-24(13-11-23)36(30(37)27-15-16-32-20-34-27)25-9-7-22-8-14-28(38-4)29(26(22)17-25)33-19-21(3)18-31/h7-9,14-17,20,23-24,33H,3,5-6,10-13,19H2,1-2,4H3. The first-order chi connectivity index (χ1) is 18.5. The Labute approximate surface area is 224 Å². The molecule has 1 aliphatic carbocycles. The Kier molecular flexibility index (Phi) is 8.93. The topological polar surface area (TPSA) is 94.4 Å². The van der Waals surface area contributed by atoms with Gasteiger partial charge in [0.05, 0.1) is 18.9 Å². The number of methoxy groups -OCH3 is 1. The van der Waals surface area contributed by atoms with Crippen LogP contribution < -0.4 is 15.0 Å². The molecule has 1 heterocycles. The number of hydrogen-bond acceptors (Lipinski definition) is 7. The van der Waals surface area contributed by atoms with Gasteiger partial charge < -0.3 is 19.9 Å². The average molecular weight is 513 g/mol. The molecule has 0 aliphatic heterocycles. The first-order valence-corrected chi connectivity index (χ1v) is 13.3. The Morgan fingerprint density at radius 3 is 2.47 bits per heavy atom. The van der Waals surface area contributed by atoms with Gasteiger partial charge in [0, 0.05) is 41.5 Å². The van der Waals surface area contributed by atoms with Crippen LogP contribution in [0.25, 0.3) is 10.8 Å². The number of ether oxygens (including phenoxy) is 1. The summed E-state index contributed by atoms with van der Waals surface area (Å²) in [5, 5.41) is 14.4. The van der Waals surface area contributed by atoms with Crippen LogP contribution in [0.4, 0.5) is 11.4 Å². The SMILES string of the molecule is C=C(C#N)CNc1c(OC)ccc2ccc(N(C(=O)c3ccncn3)C3CCC(N(CC)CC)CC3)cc12. The third-order valence-electron chi connectivity index (χ3n) is 7.48. The Hall–Kier alpha value is -3.96. The Morgan fingerprint density at radius 2 is 1.84 bits per heavy atom. The summed E-state index contributed by atoms with van der Waals surface area (Å²) in [6.45, 7) is 10.6. The molecule has 198 valence electrons. The third-order valence-corrected chi connectivity index (χ3v) is 7.48. The number of rotatable bonds is 10. The zero-order chi connectivity index (χ0) is 27.1. The monoisotopic (exact) mass is 512 g/mol. The lowest BCUT2D eigenvalue weighted by atomic mass is 9.88. The predicted molar refractivity (Wildman–Crippen MR) is 152 cm³/mol. The summed E-state index contributed by atoms with van der Waals surface area (Å²) in [6.07, 6.45) is 6.94. The number of amides is 1. The number of carbonyl (C=O) groups excluding carboxylic acids is 1. The summed E-state index contributed by atoms with van der Waals surface area (Å²) in [4.78, 5) is 26.6. The van der Waals surface area contributed by atoms with E-state index in [0.29, 0.717) is 29.6 Å². The number of nitriles is 1. The van der Waals surface area contributed by atoms with Gasteiger partial charge in [-0.25, -0.2) is 9.97 Å². The first kappa shape index (κ1) is 27.1. The van der Waals surface area contributed by atoms with Crippen LogP contribution in [0, 0.1) is 11.3 Å². The molecule has 1 aliphatic rings. The lowest BCUT2D eigenvalue weighted by molar-refractivity contribution is 0.0952. The fourth-order valence-electron chi connectivity index (χ4n) is 5.48. The van der Waals surface area contributed by atoms with E-state index in [9.17, 15) is 10.1 Å². The van der Waals surface area contributed by atoms with E-state index < -0.39 is 0 Å². The van der Waals surface area contributed by atoms with Gasteiger partial charge in [0.2, 0.25) is 0 Å². The smallest absolute Gasteiger partial charge is 0.277 e. The van der Waals surface area contributed by atoms with Crippen LogP contribution in [0.5, 0.6) is 5.75 Å². The summed E-state index contributed by atoms with van der Waals surface area (Å²) in [6, 6.07) is 14.3. The van der Waals surface area contributed by atoms with E-state index >= 15 is 0 Å². The molecule has 38 heavy (non-hydrogen) atoms. The summed E-state index contributed by atoms with van der Waals surface area (Å²) < 4.78 is 5.63. The number of fused-ring (bicyclic) bond motifs is 1. The normalized spacial score (nSPS) is 17.1.